The summed E-state index contributed by atoms with van der Waals surface area (Å²) >= 11 is 0. The van der Waals surface area contributed by atoms with Crippen LogP contribution in [0.2, 0.25) is 0 Å². The number of anilines is 3. The molecule has 5 rings (SSSR count). The molecule has 0 N–H and O–H groups in total. The summed E-state index contributed by atoms with van der Waals surface area (Å²) < 4.78 is 0. The zero-order valence-electron chi connectivity index (χ0n) is 16.0. The molecular weight excluding hydrogens is 346 g/mol. The van der Waals surface area contributed by atoms with Gasteiger partial charge in [0.2, 0.25) is 0 Å². The first kappa shape index (κ1) is 17.0. The molecule has 1 amide bonds. The van der Waals surface area contributed by atoms with E-state index in [9.17, 15) is 4.79 Å². The molecule has 3 heterocycles. The summed E-state index contributed by atoms with van der Waals surface area (Å²) in [6, 6.07) is 19.0. The van der Waals surface area contributed by atoms with Crippen molar-refractivity contribution in [2.75, 3.05) is 16.3 Å². The maximum absolute atomic E-state index is 13.3. The summed E-state index contributed by atoms with van der Waals surface area (Å²) in [5, 5.41) is 0. The second kappa shape index (κ2) is 6.79. The maximum atomic E-state index is 13.3. The van der Waals surface area contributed by atoms with Gasteiger partial charge in [0, 0.05) is 30.2 Å². The van der Waals surface area contributed by atoms with E-state index >= 15 is 0 Å². The summed E-state index contributed by atoms with van der Waals surface area (Å²) in [6.07, 6.45) is 6.58. The fraction of sp³-hybridized carbons (Fsp3) is 0.250. The molecule has 0 saturated carbocycles. The maximum Gasteiger partial charge on any atom is 0.259 e. The van der Waals surface area contributed by atoms with Gasteiger partial charge in [0.1, 0.15) is 0 Å². The number of rotatable bonds is 2. The lowest BCUT2D eigenvalue weighted by Gasteiger charge is -2.30. The minimum Gasteiger partial charge on any atom is -0.337 e. The van der Waals surface area contributed by atoms with Gasteiger partial charge in [-0.15, -0.1) is 0 Å². The fourth-order valence-electron chi connectivity index (χ4n) is 4.54. The van der Waals surface area contributed by atoms with Crippen molar-refractivity contribution in [1.29, 1.82) is 0 Å². The Kier molecular flexibility index (Phi) is 4.12. The number of aromatic nitrogens is 1. The number of hydrogen-bond donors (Lipinski definition) is 0. The monoisotopic (exact) mass is 369 g/mol. The van der Waals surface area contributed by atoms with Crippen LogP contribution in [-0.2, 0) is 12.8 Å². The van der Waals surface area contributed by atoms with E-state index in [0.717, 1.165) is 37.2 Å². The third-order valence-corrected chi connectivity index (χ3v) is 5.81. The van der Waals surface area contributed by atoms with Gasteiger partial charge in [-0.2, -0.15) is 0 Å². The molecule has 140 valence electrons. The van der Waals surface area contributed by atoms with Crippen LogP contribution in [0.25, 0.3) is 0 Å². The summed E-state index contributed by atoms with van der Waals surface area (Å²) in [5.74, 6) is 0.0293. The van der Waals surface area contributed by atoms with Crippen LogP contribution in [0.15, 0.2) is 67.0 Å². The molecule has 0 fully saturated rings. The summed E-state index contributed by atoms with van der Waals surface area (Å²) in [5.41, 5.74) is 6.46. The number of fused-ring (bicyclic) bond motifs is 2. The summed E-state index contributed by atoms with van der Waals surface area (Å²) in [6.45, 7) is 2.97. The molecule has 2 aliphatic heterocycles. The van der Waals surface area contributed by atoms with Crippen LogP contribution in [-0.4, -0.2) is 23.5 Å². The van der Waals surface area contributed by atoms with Crippen molar-refractivity contribution < 1.29 is 4.79 Å². The zero-order chi connectivity index (χ0) is 19.1. The number of nitrogens with zero attached hydrogens (tertiary/aromatic N) is 3. The largest absolute Gasteiger partial charge is 0.337 e. The highest BCUT2D eigenvalue weighted by atomic mass is 16.2. The van der Waals surface area contributed by atoms with Crippen molar-refractivity contribution in [2.45, 2.75) is 32.2 Å². The molecule has 3 aromatic rings. The van der Waals surface area contributed by atoms with Crippen LogP contribution in [0.1, 0.15) is 34.8 Å². The summed E-state index contributed by atoms with van der Waals surface area (Å²) in [7, 11) is 0. The molecule has 4 nitrogen and oxygen atoms in total. The third kappa shape index (κ3) is 2.76. The zero-order valence-corrected chi connectivity index (χ0v) is 16.0. The van der Waals surface area contributed by atoms with Crippen molar-refractivity contribution in [1.82, 2.24) is 4.98 Å². The van der Waals surface area contributed by atoms with Gasteiger partial charge < -0.3 is 9.80 Å². The molecule has 1 aromatic heterocycles. The highest BCUT2D eigenvalue weighted by molar-refractivity contribution is 6.07. The molecule has 0 spiro atoms. The molecule has 1 atom stereocenters. The average Bonchev–Trinajstić information content (AvgIpc) is 3.08. The van der Waals surface area contributed by atoms with Gasteiger partial charge in [-0.1, -0.05) is 36.4 Å². The third-order valence-electron chi connectivity index (χ3n) is 5.81. The lowest BCUT2D eigenvalue weighted by molar-refractivity contribution is 0.0985. The van der Waals surface area contributed by atoms with Crippen molar-refractivity contribution in [2.24, 2.45) is 0 Å². The number of amides is 1. The van der Waals surface area contributed by atoms with E-state index in [0.29, 0.717) is 11.6 Å². The molecule has 2 aliphatic rings. The van der Waals surface area contributed by atoms with Crippen LogP contribution < -0.4 is 9.80 Å². The highest BCUT2D eigenvalue weighted by Gasteiger charge is 2.28. The van der Waals surface area contributed by atoms with E-state index < -0.39 is 0 Å². The molecule has 1 unspecified atom stereocenters. The Morgan fingerprint density at radius 1 is 1.00 bits per heavy atom. The van der Waals surface area contributed by atoms with Crippen LogP contribution in [0, 0.1) is 0 Å². The average molecular weight is 369 g/mol. The molecule has 4 heteroatoms. The Morgan fingerprint density at radius 2 is 1.75 bits per heavy atom. The van der Waals surface area contributed by atoms with Gasteiger partial charge in [-0.05, 0) is 55.5 Å². The quantitative estimate of drug-likeness (QED) is 0.654. The number of benzene rings is 2. The second-order valence-corrected chi connectivity index (χ2v) is 7.67. The number of carbonyl (C=O) groups is 1. The smallest absolute Gasteiger partial charge is 0.259 e. The molecule has 0 saturated heterocycles. The van der Waals surface area contributed by atoms with E-state index in [1.54, 1.807) is 6.20 Å². The SMILES string of the molecule is CC1Cc2ccccc2N1c1cncc(C(=O)N2CCCc3ccccc32)c1. The van der Waals surface area contributed by atoms with Crippen molar-refractivity contribution in [3.63, 3.8) is 0 Å². The molecule has 28 heavy (non-hydrogen) atoms. The molecule has 0 radical (unpaired) electrons. The van der Waals surface area contributed by atoms with Gasteiger partial charge in [0.25, 0.3) is 5.91 Å². The van der Waals surface area contributed by atoms with E-state index in [1.807, 2.05) is 35.4 Å². The highest BCUT2D eigenvalue weighted by Crippen LogP contribution is 2.38. The number of pyridine rings is 1. The van der Waals surface area contributed by atoms with Crippen molar-refractivity contribution in [3.05, 3.63) is 83.7 Å². The first-order chi connectivity index (χ1) is 13.7. The fourth-order valence-corrected chi connectivity index (χ4v) is 4.54. The lowest BCUT2D eigenvalue weighted by atomic mass is 10.0. The molecule has 2 aromatic carbocycles. The minimum atomic E-state index is 0.0293. The Morgan fingerprint density at radius 3 is 2.61 bits per heavy atom. The van der Waals surface area contributed by atoms with Gasteiger partial charge in [-0.25, -0.2) is 0 Å². The van der Waals surface area contributed by atoms with Gasteiger partial charge in [0.05, 0.1) is 17.4 Å². The first-order valence-corrected chi connectivity index (χ1v) is 9.94. The standard InChI is InChI=1S/C24H23N3O/c1-17-13-19-8-3-5-11-23(19)27(17)21-14-20(15-25-16-21)24(28)26-12-6-9-18-7-2-4-10-22(18)26/h2-5,7-8,10-11,14-17H,6,9,12-13H2,1H3. The Labute approximate surface area is 165 Å². The predicted octanol–water partition coefficient (Wildman–Crippen LogP) is 4.76. The van der Waals surface area contributed by atoms with Crippen LogP contribution in [0.3, 0.4) is 0 Å². The Balaban J connectivity index is 1.50. The number of carbonyl (C=O) groups excluding carboxylic acids is 1. The van der Waals surface area contributed by atoms with Gasteiger partial charge >= 0.3 is 0 Å². The van der Waals surface area contributed by atoms with E-state index in [1.165, 1.54) is 16.8 Å². The normalized spacial score (nSPS) is 18.0. The van der Waals surface area contributed by atoms with Crippen LogP contribution >= 0.6 is 0 Å². The van der Waals surface area contributed by atoms with Gasteiger partial charge in [-0.3, -0.25) is 9.78 Å². The van der Waals surface area contributed by atoms with Crippen molar-refractivity contribution >= 4 is 23.0 Å². The van der Waals surface area contributed by atoms with E-state index in [4.69, 9.17) is 0 Å². The Hall–Kier alpha value is -3.14. The van der Waals surface area contributed by atoms with Gasteiger partial charge in [0.15, 0.2) is 0 Å². The molecule has 0 aliphatic carbocycles. The van der Waals surface area contributed by atoms with Crippen LogP contribution in [0.5, 0.6) is 0 Å². The van der Waals surface area contributed by atoms with Crippen molar-refractivity contribution in [3.8, 4) is 0 Å². The van der Waals surface area contributed by atoms with E-state index in [-0.39, 0.29) is 5.91 Å². The second-order valence-electron chi connectivity index (χ2n) is 7.67. The molecule has 0 bridgehead atoms. The first-order valence-electron chi connectivity index (χ1n) is 9.94. The predicted molar refractivity (Wildman–Crippen MR) is 112 cm³/mol. The topological polar surface area (TPSA) is 36.4 Å². The van der Waals surface area contributed by atoms with Crippen LogP contribution in [0.4, 0.5) is 17.1 Å². The lowest BCUT2D eigenvalue weighted by Crippen LogP contribution is -2.35. The summed E-state index contributed by atoms with van der Waals surface area (Å²) in [4.78, 5) is 21.9. The molecular formula is C24H23N3O. The minimum absolute atomic E-state index is 0.0293. The number of hydrogen-bond acceptors (Lipinski definition) is 3. The number of para-hydroxylation sites is 2. The van der Waals surface area contributed by atoms with E-state index in [2.05, 4.69) is 47.1 Å². The Bertz CT molecular complexity index is 1050. The number of aryl methyl sites for hydroxylation is 1.